The van der Waals surface area contributed by atoms with Crippen molar-refractivity contribution in [2.75, 3.05) is 7.11 Å². The summed E-state index contributed by atoms with van der Waals surface area (Å²) in [5.74, 6) is 1.18. The highest BCUT2D eigenvalue weighted by atomic mass is 19.3. The molecule has 0 unspecified atom stereocenters. The third-order valence-electron chi connectivity index (χ3n) is 4.92. The monoisotopic (exact) mass is 410 g/mol. The molecule has 0 aliphatic carbocycles. The molecule has 0 saturated heterocycles. The molecule has 0 fully saturated rings. The van der Waals surface area contributed by atoms with Gasteiger partial charge in [-0.05, 0) is 19.1 Å². The van der Waals surface area contributed by atoms with Crippen LogP contribution in [0.5, 0.6) is 5.88 Å². The van der Waals surface area contributed by atoms with Crippen LogP contribution in [0.2, 0.25) is 0 Å². The van der Waals surface area contributed by atoms with Gasteiger partial charge in [-0.3, -0.25) is 0 Å². The van der Waals surface area contributed by atoms with Gasteiger partial charge in [-0.15, -0.1) is 0 Å². The van der Waals surface area contributed by atoms with Crippen molar-refractivity contribution in [3.05, 3.63) is 54.6 Å². The van der Waals surface area contributed by atoms with Gasteiger partial charge >= 0.3 is 6.55 Å². The summed E-state index contributed by atoms with van der Waals surface area (Å²) in [6.45, 7) is -0.472. The van der Waals surface area contributed by atoms with E-state index in [1.165, 1.54) is 18.7 Å². The van der Waals surface area contributed by atoms with Crippen LogP contribution in [0.25, 0.3) is 27.8 Å². The lowest BCUT2D eigenvalue weighted by atomic mass is 10.1. The predicted octanol–water partition coefficient (Wildman–Crippen LogP) is 3.10. The summed E-state index contributed by atoms with van der Waals surface area (Å²) in [6, 6.07) is 3.87. The SMILES string of the molecule is COc1ncnn2ccc(-c3cnc4nc(C)n(Cc5cnn(C(F)F)c5)c4c3)c12. The Morgan fingerprint density at radius 2 is 2.03 bits per heavy atom. The molecule has 0 bridgehead atoms. The number of pyridine rings is 1. The van der Waals surface area contributed by atoms with E-state index < -0.39 is 6.55 Å². The molecule has 5 heterocycles. The van der Waals surface area contributed by atoms with Crippen LogP contribution in [0.3, 0.4) is 0 Å². The summed E-state index contributed by atoms with van der Waals surface area (Å²) in [6.07, 6.45) is 7.74. The van der Waals surface area contributed by atoms with E-state index >= 15 is 0 Å². The van der Waals surface area contributed by atoms with E-state index in [1.807, 2.05) is 29.8 Å². The van der Waals surface area contributed by atoms with Gasteiger partial charge in [0.05, 0.1) is 25.4 Å². The zero-order valence-corrected chi connectivity index (χ0v) is 16.1. The maximum absolute atomic E-state index is 12.8. The fraction of sp³-hybridized carbons (Fsp3) is 0.211. The smallest absolute Gasteiger partial charge is 0.333 e. The number of alkyl halides is 2. The summed E-state index contributed by atoms with van der Waals surface area (Å²) >= 11 is 0. The molecule has 11 heteroatoms. The lowest BCUT2D eigenvalue weighted by Crippen LogP contribution is -2.02. The molecule has 152 valence electrons. The topological polar surface area (TPSA) is 87.9 Å². The third-order valence-corrected chi connectivity index (χ3v) is 4.92. The number of aryl methyl sites for hydroxylation is 1. The highest BCUT2D eigenvalue weighted by molar-refractivity contribution is 5.87. The first-order valence-corrected chi connectivity index (χ1v) is 9.06. The molecule has 5 aromatic heterocycles. The summed E-state index contributed by atoms with van der Waals surface area (Å²) in [5.41, 5.74) is 4.42. The maximum Gasteiger partial charge on any atom is 0.333 e. The number of hydrogen-bond donors (Lipinski definition) is 0. The molecule has 0 radical (unpaired) electrons. The van der Waals surface area contributed by atoms with Gasteiger partial charge in [-0.25, -0.2) is 19.2 Å². The molecule has 5 aromatic rings. The van der Waals surface area contributed by atoms with E-state index in [-0.39, 0.29) is 0 Å². The molecular weight excluding hydrogens is 394 g/mol. The van der Waals surface area contributed by atoms with Crippen molar-refractivity contribution in [1.82, 2.24) is 38.9 Å². The number of methoxy groups -OCH3 is 1. The number of fused-ring (bicyclic) bond motifs is 2. The summed E-state index contributed by atoms with van der Waals surface area (Å²) in [7, 11) is 1.55. The average Bonchev–Trinajstić information content (AvgIpc) is 3.45. The van der Waals surface area contributed by atoms with Crippen molar-refractivity contribution in [3.63, 3.8) is 0 Å². The van der Waals surface area contributed by atoms with Crippen molar-refractivity contribution in [1.29, 1.82) is 0 Å². The number of ether oxygens (including phenoxy) is 1. The van der Waals surface area contributed by atoms with E-state index in [9.17, 15) is 8.78 Å². The van der Waals surface area contributed by atoms with Crippen molar-refractivity contribution in [2.24, 2.45) is 0 Å². The van der Waals surface area contributed by atoms with Gasteiger partial charge in [0.2, 0.25) is 5.88 Å². The largest absolute Gasteiger partial charge is 0.479 e. The normalized spacial score (nSPS) is 11.8. The summed E-state index contributed by atoms with van der Waals surface area (Å²) in [5, 5.41) is 7.91. The quantitative estimate of drug-likeness (QED) is 0.442. The molecular formula is C19H16F2N8O. The second kappa shape index (κ2) is 6.87. The molecule has 0 amide bonds. The molecule has 5 rings (SSSR count). The molecule has 0 aliphatic rings. The Morgan fingerprint density at radius 1 is 1.17 bits per heavy atom. The zero-order chi connectivity index (χ0) is 20.8. The number of halogens is 2. The molecule has 9 nitrogen and oxygen atoms in total. The lowest BCUT2D eigenvalue weighted by molar-refractivity contribution is 0.0565. The highest BCUT2D eigenvalue weighted by Gasteiger charge is 2.16. The van der Waals surface area contributed by atoms with Crippen molar-refractivity contribution in [3.8, 4) is 17.0 Å². The number of rotatable bonds is 5. The van der Waals surface area contributed by atoms with E-state index in [2.05, 4.69) is 25.1 Å². The Bertz CT molecular complexity index is 1370. The Morgan fingerprint density at radius 3 is 2.80 bits per heavy atom. The van der Waals surface area contributed by atoms with E-state index in [0.29, 0.717) is 28.3 Å². The number of nitrogens with zero attached hydrogens (tertiary/aromatic N) is 8. The van der Waals surface area contributed by atoms with Crippen LogP contribution in [0, 0.1) is 6.92 Å². The third kappa shape index (κ3) is 2.86. The summed E-state index contributed by atoms with van der Waals surface area (Å²) < 4.78 is 35.3. The molecule has 0 aromatic carbocycles. The minimum atomic E-state index is -2.67. The Balaban J connectivity index is 1.62. The predicted molar refractivity (Wildman–Crippen MR) is 103 cm³/mol. The van der Waals surface area contributed by atoms with Crippen LogP contribution in [0.1, 0.15) is 17.9 Å². The van der Waals surface area contributed by atoms with Crippen LogP contribution < -0.4 is 4.74 Å². The van der Waals surface area contributed by atoms with Crippen molar-refractivity contribution in [2.45, 2.75) is 20.0 Å². The van der Waals surface area contributed by atoms with Crippen LogP contribution in [-0.2, 0) is 6.54 Å². The van der Waals surface area contributed by atoms with Crippen LogP contribution in [-0.4, -0.2) is 46.0 Å². The highest BCUT2D eigenvalue weighted by Crippen LogP contribution is 2.31. The van der Waals surface area contributed by atoms with Gasteiger partial charge in [0.15, 0.2) is 5.65 Å². The van der Waals surface area contributed by atoms with Gasteiger partial charge in [0, 0.05) is 35.3 Å². The first-order valence-electron chi connectivity index (χ1n) is 9.06. The van der Waals surface area contributed by atoms with Crippen LogP contribution >= 0.6 is 0 Å². The molecule has 0 saturated carbocycles. The Hall–Kier alpha value is -3.89. The number of aromatic nitrogens is 8. The second-order valence-electron chi connectivity index (χ2n) is 6.71. The Labute approximate surface area is 168 Å². The molecule has 0 N–H and O–H groups in total. The molecule has 0 aliphatic heterocycles. The van der Waals surface area contributed by atoms with E-state index in [1.54, 1.807) is 17.8 Å². The maximum atomic E-state index is 12.8. The van der Waals surface area contributed by atoms with Gasteiger partial charge in [-0.2, -0.15) is 24.0 Å². The first-order chi connectivity index (χ1) is 14.5. The minimum Gasteiger partial charge on any atom is -0.479 e. The Kier molecular flexibility index (Phi) is 4.16. The van der Waals surface area contributed by atoms with Gasteiger partial charge in [-0.1, -0.05) is 0 Å². The van der Waals surface area contributed by atoms with Gasteiger partial charge < -0.3 is 9.30 Å². The fourth-order valence-corrected chi connectivity index (χ4v) is 3.52. The standard InChI is InChI=1S/C19H16F2N8O/c1-11-26-17-15(27(11)8-12-6-24-29(9-12)19(20)21)5-13(7-22-17)14-3-4-28-16(14)18(30-2)23-10-25-28/h3-7,9-10,19H,8H2,1-2H3. The number of hydrogen-bond acceptors (Lipinski definition) is 6. The second-order valence-corrected chi connectivity index (χ2v) is 6.71. The zero-order valence-electron chi connectivity index (χ0n) is 16.1. The fourth-order valence-electron chi connectivity index (χ4n) is 3.52. The van der Waals surface area contributed by atoms with E-state index in [4.69, 9.17) is 4.74 Å². The van der Waals surface area contributed by atoms with E-state index in [0.717, 1.165) is 28.0 Å². The van der Waals surface area contributed by atoms with Gasteiger partial charge in [0.1, 0.15) is 17.7 Å². The molecule has 0 spiro atoms. The number of imidazole rings is 1. The molecule has 0 atom stereocenters. The first kappa shape index (κ1) is 18.2. The molecule has 30 heavy (non-hydrogen) atoms. The van der Waals surface area contributed by atoms with Crippen LogP contribution in [0.15, 0.2) is 43.2 Å². The average molecular weight is 410 g/mol. The van der Waals surface area contributed by atoms with Gasteiger partial charge in [0.25, 0.3) is 0 Å². The summed E-state index contributed by atoms with van der Waals surface area (Å²) in [4.78, 5) is 13.2. The minimum absolute atomic E-state index is 0.350. The van der Waals surface area contributed by atoms with Crippen molar-refractivity contribution < 1.29 is 13.5 Å². The lowest BCUT2D eigenvalue weighted by Gasteiger charge is -2.07. The van der Waals surface area contributed by atoms with Crippen molar-refractivity contribution >= 4 is 16.7 Å². The van der Waals surface area contributed by atoms with Crippen LogP contribution in [0.4, 0.5) is 8.78 Å².